The second kappa shape index (κ2) is 7.20. The topological polar surface area (TPSA) is 93.1 Å². The SMILES string of the molecule is CNC(=O)c1c(NC(=O)c2nn(C)c3ccccc3c2=O)sc2c1CCCC2. The lowest BCUT2D eigenvalue weighted by atomic mass is 9.95. The number of carbonyl (C=O) groups is 2. The molecule has 2 amide bonds. The fraction of sp³-hybridized carbons (Fsp3) is 0.300. The van der Waals surface area contributed by atoms with Crippen LogP contribution >= 0.6 is 11.3 Å². The molecule has 0 unspecified atom stereocenters. The van der Waals surface area contributed by atoms with Crippen molar-refractivity contribution in [3.8, 4) is 0 Å². The number of aromatic nitrogens is 2. The molecule has 0 saturated heterocycles. The molecule has 8 heteroatoms. The molecule has 0 spiro atoms. The third-order valence-corrected chi connectivity index (χ3v) is 6.24. The molecular formula is C20H20N4O3S. The summed E-state index contributed by atoms with van der Waals surface area (Å²) in [7, 11) is 3.26. The van der Waals surface area contributed by atoms with Crippen molar-refractivity contribution in [2.45, 2.75) is 25.7 Å². The Labute approximate surface area is 165 Å². The lowest BCUT2D eigenvalue weighted by Gasteiger charge is -2.12. The number of rotatable bonds is 3. The number of benzene rings is 1. The number of anilines is 1. The maximum Gasteiger partial charge on any atom is 0.280 e. The number of amides is 2. The molecule has 0 atom stereocenters. The minimum atomic E-state index is -0.602. The third kappa shape index (κ3) is 2.99. The summed E-state index contributed by atoms with van der Waals surface area (Å²) in [6.45, 7) is 0. The quantitative estimate of drug-likeness (QED) is 0.711. The predicted octanol–water partition coefficient (Wildman–Crippen LogP) is 2.49. The maximum atomic E-state index is 12.9. The molecule has 2 heterocycles. The Kier molecular flexibility index (Phi) is 4.72. The van der Waals surface area contributed by atoms with Crippen LogP contribution in [0.5, 0.6) is 0 Å². The molecule has 28 heavy (non-hydrogen) atoms. The van der Waals surface area contributed by atoms with Gasteiger partial charge in [0.05, 0.1) is 11.1 Å². The van der Waals surface area contributed by atoms with E-state index in [0.29, 0.717) is 21.5 Å². The van der Waals surface area contributed by atoms with Crippen molar-refractivity contribution in [2.75, 3.05) is 12.4 Å². The molecule has 1 aromatic carbocycles. The molecular weight excluding hydrogens is 376 g/mol. The van der Waals surface area contributed by atoms with Gasteiger partial charge >= 0.3 is 0 Å². The summed E-state index contributed by atoms with van der Waals surface area (Å²) < 4.78 is 1.52. The van der Waals surface area contributed by atoms with Crippen LogP contribution in [0.15, 0.2) is 29.1 Å². The van der Waals surface area contributed by atoms with E-state index in [-0.39, 0.29) is 11.6 Å². The van der Waals surface area contributed by atoms with Gasteiger partial charge in [0.1, 0.15) is 5.00 Å². The van der Waals surface area contributed by atoms with Gasteiger partial charge in [0, 0.05) is 24.4 Å². The summed E-state index contributed by atoms with van der Waals surface area (Å²) in [4.78, 5) is 39.2. The zero-order valence-corrected chi connectivity index (χ0v) is 16.5. The molecule has 0 radical (unpaired) electrons. The van der Waals surface area contributed by atoms with Crippen molar-refractivity contribution in [3.05, 3.63) is 56.2 Å². The van der Waals surface area contributed by atoms with E-state index in [4.69, 9.17) is 0 Å². The Bertz CT molecular complexity index is 1160. The van der Waals surface area contributed by atoms with Gasteiger partial charge in [0.25, 0.3) is 11.8 Å². The predicted molar refractivity (Wildman–Crippen MR) is 109 cm³/mol. The number of para-hydroxylation sites is 1. The van der Waals surface area contributed by atoms with Crippen LogP contribution in [-0.2, 0) is 19.9 Å². The summed E-state index contributed by atoms with van der Waals surface area (Å²) >= 11 is 1.41. The smallest absolute Gasteiger partial charge is 0.280 e. The zero-order chi connectivity index (χ0) is 19.8. The Morgan fingerprint density at radius 2 is 1.89 bits per heavy atom. The van der Waals surface area contributed by atoms with Crippen molar-refractivity contribution in [3.63, 3.8) is 0 Å². The van der Waals surface area contributed by atoms with Crippen LogP contribution in [0.25, 0.3) is 10.9 Å². The van der Waals surface area contributed by atoms with Gasteiger partial charge in [-0.25, -0.2) is 0 Å². The second-order valence-corrected chi connectivity index (χ2v) is 7.87. The van der Waals surface area contributed by atoms with E-state index in [1.807, 2.05) is 6.07 Å². The molecule has 7 nitrogen and oxygen atoms in total. The Hall–Kier alpha value is -3.00. The van der Waals surface area contributed by atoms with E-state index in [1.54, 1.807) is 32.3 Å². The number of hydrogen-bond acceptors (Lipinski definition) is 5. The molecule has 4 rings (SSSR count). The van der Waals surface area contributed by atoms with Crippen molar-refractivity contribution in [1.82, 2.24) is 15.1 Å². The van der Waals surface area contributed by atoms with Gasteiger partial charge in [-0.1, -0.05) is 12.1 Å². The maximum absolute atomic E-state index is 12.9. The Morgan fingerprint density at radius 1 is 1.14 bits per heavy atom. The van der Waals surface area contributed by atoms with E-state index in [2.05, 4.69) is 15.7 Å². The molecule has 2 N–H and O–H groups in total. The molecule has 0 saturated carbocycles. The zero-order valence-electron chi connectivity index (χ0n) is 15.7. The Morgan fingerprint density at radius 3 is 2.68 bits per heavy atom. The van der Waals surface area contributed by atoms with Crippen LogP contribution in [0.4, 0.5) is 5.00 Å². The Balaban J connectivity index is 1.77. The molecule has 0 aliphatic heterocycles. The normalized spacial score (nSPS) is 13.2. The summed E-state index contributed by atoms with van der Waals surface area (Å²) in [5, 5.41) is 10.5. The number of nitrogens with zero attached hydrogens (tertiary/aromatic N) is 2. The van der Waals surface area contributed by atoms with Gasteiger partial charge in [0.2, 0.25) is 5.43 Å². The lowest BCUT2D eigenvalue weighted by molar-refractivity contribution is 0.0963. The van der Waals surface area contributed by atoms with Crippen LogP contribution in [-0.4, -0.2) is 28.6 Å². The second-order valence-electron chi connectivity index (χ2n) is 6.77. The van der Waals surface area contributed by atoms with Gasteiger partial charge in [-0.15, -0.1) is 11.3 Å². The van der Waals surface area contributed by atoms with E-state index in [9.17, 15) is 14.4 Å². The summed E-state index contributed by atoms with van der Waals surface area (Å²) in [6, 6.07) is 7.02. The highest BCUT2D eigenvalue weighted by Gasteiger charge is 2.27. The van der Waals surface area contributed by atoms with Crippen molar-refractivity contribution >= 4 is 39.1 Å². The molecule has 0 bridgehead atoms. The van der Waals surface area contributed by atoms with Crippen LogP contribution in [0.3, 0.4) is 0 Å². The van der Waals surface area contributed by atoms with E-state index >= 15 is 0 Å². The fourth-order valence-electron chi connectivity index (χ4n) is 3.65. The van der Waals surface area contributed by atoms with Crippen molar-refractivity contribution in [2.24, 2.45) is 7.05 Å². The first-order valence-electron chi connectivity index (χ1n) is 9.15. The number of carbonyl (C=O) groups excluding carboxylic acids is 2. The van der Waals surface area contributed by atoms with Crippen LogP contribution < -0.4 is 16.1 Å². The first kappa shape index (κ1) is 18.4. The van der Waals surface area contributed by atoms with E-state index < -0.39 is 11.3 Å². The number of fused-ring (bicyclic) bond motifs is 2. The fourth-order valence-corrected chi connectivity index (χ4v) is 4.94. The number of thiophene rings is 1. The molecule has 1 aliphatic carbocycles. The summed E-state index contributed by atoms with van der Waals surface area (Å²) in [6.07, 6.45) is 3.81. The minimum Gasteiger partial charge on any atom is -0.355 e. The number of hydrogen-bond donors (Lipinski definition) is 2. The van der Waals surface area contributed by atoms with Gasteiger partial charge in [-0.05, 0) is 43.4 Å². The molecule has 144 valence electrons. The standard InChI is InChI=1S/C20H20N4O3S/c1-21-18(26)15-12-8-4-6-10-14(12)28-20(15)22-19(27)16-17(25)11-7-3-5-9-13(11)24(2)23-16/h3,5,7,9H,4,6,8,10H2,1-2H3,(H,21,26)(H,22,27). The lowest BCUT2D eigenvalue weighted by Crippen LogP contribution is -2.27. The molecule has 1 aliphatic rings. The van der Waals surface area contributed by atoms with Crippen molar-refractivity contribution < 1.29 is 9.59 Å². The first-order chi connectivity index (χ1) is 13.5. The molecule has 2 aromatic heterocycles. The average molecular weight is 396 g/mol. The van der Waals surface area contributed by atoms with Crippen LogP contribution in [0.1, 0.15) is 44.1 Å². The summed E-state index contributed by atoms with van der Waals surface area (Å²) in [5.41, 5.74) is 1.56. The minimum absolute atomic E-state index is 0.185. The number of aryl methyl sites for hydroxylation is 2. The third-order valence-electron chi connectivity index (χ3n) is 5.03. The van der Waals surface area contributed by atoms with E-state index in [0.717, 1.165) is 36.1 Å². The van der Waals surface area contributed by atoms with Crippen molar-refractivity contribution in [1.29, 1.82) is 0 Å². The van der Waals surface area contributed by atoms with E-state index in [1.165, 1.54) is 16.0 Å². The van der Waals surface area contributed by atoms with Gasteiger partial charge < -0.3 is 10.6 Å². The highest BCUT2D eigenvalue weighted by molar-refractivity contribution is 7.17. The van der Waals surface area contributed by atoms with Gasteiger partial charge in [-0.2, -0.15) is 5.10 Å². The number of nitrogens with one attached hydrogen (secondary N) is 2. The van der Waals surface area contributed by atoms with Gasteiger partial charge in [0.15, 0.2) is 5.69 Å². The van der Waals surface area contributed by atoms with Crippen LogP contribution in [0, 0.1) is 0 Å². The first-order valence-corrected chi connectivity index (χ1v) is 9.97. The summed E-state index contributed by atoms with van der Waals surface area (Å²) in [5.74, 6) is -0.829. The highest BCUT2D eigenvalue weighted by atomic mass is 32.1. The van der Waals surface area contributed by atoms with Gasteiger partial charge in [-0.3, -0.25) is 19.1 Å². The monoisotopic (exact) mass is 396 g/mol. The highest BCUT2D eigenvalue weighted by Crippen LogP contribution is 2.38. The average Bonchev–Trinajstić information content (AvgIpc) is 3.07. The van der Waals surface area contributed by atoms with Crippen LogP contribution in [0.2, 0.25) is 0 Å². The molecule has 0 fully saturated rings. The largest absolute Gasteiger partial charge is 0.355 e. The molecule has 3 aromatic rings.